The lowest BCUT2D eigenvalue weighted by atomic mass is 10.3. The summed E-state index contributed by atoms with van der Waals surface area (Å²) in [4.78, 5) is 11.5. The van der Waals surface area contributed by atoms with Gasteiger partial charge in [0.25, 0.3) is 9.05 Å². The zero-order valence-corrected chi connectivity index (χ0v) is 10.5. The first-order chi connectivity index (χ1) is 8.43. The molecule has 0 saturated carbocycles. The number of aryl methyl sites for hydroxylation is 1. The molecule has 0 atom stereocenters. The number of halogens is 4. The third-order valence-corrected chi connectivity index (χ3v) is 3.14. The maximum absolute atomic E-state index is 12.1. The highest BCUT2D eigenvalue weighted by Crippen LogP contribution is 2.39. The Morgan fingerprint density at radius 3 is 2.37 bits per heavy atom. The van der Waals surface area contributed by atoms with Gasteiger partial charge in [0.05, 0.1) is 16.8 Å². The Kier molecular flexibility index (Phi) is 3.91. The molecule has 1 aromatic rings. The van der Waals surface area contributed by atoms with E-state index in [1.807, 2.05) is 0 Å². The molecule has 106 valence electrons. The molecule has 0 amide bonds. The second kappa shape index (κ2) is 4.81. The van der Waals surface area contributed by atoms with E-state index >= 15 is 0 Å². The van der Waals surface area contributed by atoms with Crippen molar-refractivity contribution in [2.24, 2.45) is 0 Å². The molecule has 1 rings (SSSR count). The number of ether oxygens (including phenoxy) is 1. The van der Waals surface area contributed by atoms with E-state index in [0.717, 1.165) is 6.92 Å². The fourth-order valence-corrected chi connectivity index (χ4v) is 2.06. The van der Waals surface area contributed by atoms with Gasteiger partial charge in [-0.1, -0.05) is 0 Å². The Morgan fingerprint density at radius 2 is 2.00 bits per heavy atom. The molecular weight excluding hydrogens is 317 g/mol. The summed E-state index contributed by atoms with van der Waals surface area (Å²) in [5.74, 6) is -1.32. The molecule has 0 fully saturated rings. The van der Waals surface area contributed by atoms with Crippen LogP contribution >= 0.6 is 10.7 Å². The van der Waals surface area contributed by atoms with Crippen LogP contribution in [0.1, 0.15) is 5.69 Å². The predicted molar refractivity (Wildman–Crippen MR) is 55.4 cm³/mol. The van der Waals surface area contributed by atoms with E-state index in [1.165, 1.54) is 0 Å². The smallest absolute Gasteiger partial charge is 0.396 e. The second-order valence-electron chi connectivity index (χ2n) is 3.13. The van der Waals surface area contributed by atoms with Crippen LogP contribution in [0.25, 0.3) is 0 Å². The summed E-state index contributed by atoms with van der Waals surface area (Å²) in [5, 5.41) is 10.7. The van der Waals surface area contributed by atoms with E-state index in [9.17, 15) is 31.7 Å². The maximum Gasteiger partial charge on any atom is 0.573 e. The molecule has 0 bridgehead atoms. The molecule has 0 N–H and O–H groups in total. The third-order valence-electron chi connectivity index (χ3n) is 1.82. The van der Waals surface area contributed by atoms with Crippen LogP contribution in [-0.2, 0) is 9.05 Å². The fraction of sp³-hybridized carbons (Fsp3) is 0.286. The third kappa shape index (κ3) is 3.67. The highest BCUT2D eigenvalue weighted by molar-refractivity contribution is 8.13. The second-order valence-corrected chi connectivity index (χ2v) is 5.66. The van der Waals surface area contributed by atoms with Crippen molar-refractivity contribution in [3.63, 3.8) is 0 Å². The molecule has 0 spiro atoms. The lowest BCUT2D eigenvalue weighted by molar-refractivity contribution is -0.391. The minimum absolute atomic E-state index is 0.485. The topological polar surface area (TPSA) is 99.4 Å². The molecule has 0 aliphatic heterocycles. The van der Waals surface area contributed by atoms with E-state index < -0.39 is 42.4 Å². The van der Waals surface area contributed by atoms with Crippen LogP contribution in [0, 0.1) is 17.0 Å². The summed E-state index contributed by atoms with van der Waals surface area (Å²) in [6.45, 7) is 0.985. The molecule has 0 unspecified atom stereocenters. The number of hydrogen-bond donors (Lipinski definition) is 0. The van der Waals surface area contributed by atoms with Gasteiger partial charge in [-0.25, -0.2) is 8.42 Å². The zero-order chi connectivity index (χ0) is 15.0. The van der Waals surface area contributed by atoms with Gasteiger partial charge in [-0.2, -0.15) is 0 Å². The number of aromatic nitrogens is 1. The van der Waals surface area contributed by atoms with Crippen LogP contribution in [0.5, 0.6) is 5.75 Å². The van der Waals surface area contributed by atoms with Crippen LogP contribution in [0.4, 0.5) is 18.9 Å². The van der Waals surface area contributed by atoms with Crippen molar-refractivity contribution in [1.82, 2.24) is 4.98 Å². The molecule has 1 aromatic heterocycles. The Labute approximate surface area is 108 Å². The van der Waals surface area contributed by atoms with Crippen LogP contribution < -0.4 is 4.74 Å². The number of pyridine rings is 1. The monoisotopic (exact) mass is 320 g/mol. The van der Waals surface area contributed by atoms with Gasteiger partial charge in [0, 0.05) is 10.7 Å². The van der Waals surface area contributed by atoms with Crippen molar-refractivity contribution in [3.05, 3.63) is 22.0 Å². The number of hydrogen-bond acceptors (Lipinski definition) is 6. The standard InChI is InChI=1S/C7H4ClF3N2O5S/c1-3-6(18-7(9,10)11)5(13(14)15)4(2-12-3)19(8,16)17/h2H,1H3. The average Bonchev–Trinajstić information content (AvgIpc) is 2.16. The highest BCUT2D eigenvalue weighted by atomic mass is 35.7. The molecule has 0 aliphatic rings. The van der Waals surface area contributed by atoms with Gasteiger partial charge in [-0.15, -0.1) is 13.2 Å². The Bertz CT molecular complexity index is 630. The first-order valence-electron chi connectivity index (χ1n) is 4.28. The molecule has 0 aliphatic carbocycles. The SMILES string of the molecule is Cc1ncc(S(=O)(=O)Cl)c([N+](=O)[O-])c1OC(F)(F)F. The van der Waals surface area contributed by atoms with E-state index in [-0.39, 0.29) is 0 Å². The first kappa shape index (κ1) is 15.4. The molecule has 1 heterocycles. The average molecular weight is 321 g/mol. The number of rotatable bonds is 3. The van der Waals surface area contributed by atoms with E-state index in [1.54, 1.807) is 0 Å². The summed E-state index contributed by atoms with van der Waals surface area (Å²) in [5.41, 5.74) is -1.92. The van der Waals surface area contributed by atoms with Crippen LogP contribution in [0.15, 0.2) is 11.1 Å². The zero-order valence-electron chi connectivity index (χ0n) is 8.93. The van der Waals surface area contributed by atoms with Crippen LogP contribution in [0.3, 0.4) is 0 Å². The molecule has 19 heavy (non-hydrogen) atoms. The van der Waals surface area contributed by atoms with Crippen molar-refractivity contribution in [2.75, 3.05) is 0 Å². The van der Waals surface area contributed by atoms with E-state index in [0.29, 0.717) is 6.20 Å². The minimum atomic E-state index is -5.24. The molecule has 0 saturated heterocycles. The molecule has 7 nitrogen and oxygen atoms in total. The maximum atomic E-state index is 12.1. The summed E-state index contributed by atoms with van der Waals surface area (Å²) in [6, 6.07) is 0. The van der Waals surface area contributed by atoms with Gasteiger partial charge in [0.2, 0.25) is 5.75 Å². The molecule has 0 aromatic carbocycles. The summed E-state index contributed by atoms with van der Waals surface area (Å²) >= 11 is 0. The van der Waals surface area contributed by atoms with Crippen molar-refractivity contribution in [2.45, 2.75) is 18.2 Å². The van der Waals surface area contributed by atoms with E-state index in [2.05, 4.69) is 9.72 Å². The van der Waals surface area contributed by atoms with Gasteiger partial charge in [-0.3, -0.25) is 15.1 Å². The number of alkyl halides is 3. The van der Waals surface area contributed by atoms with E-state index in [4.69, 9.17) is 10.7 Å². The summed E-state index contributed by atoms with van der Waals surface area (Å²) in [6.07, 6.45) is -4.76. The van der Waals surface area contributed by atoms with Crippen molar-refractivity contribution in [1.29, 1.82) is 0 Å². The normalized spacial score (nSPS) is 12.3. The largest absolute Gasteiger partial charge is 0.573 e. The number of nitro groups is 1. The highest BCUT2D eigenvalue weighted by Gasteiger charge is 2.39. The van der Waals surface area contributed by atoms with Gasteiger partial charge in [-0.05, 0) is 6.92 Å². The summed E-state index contributed by atoms with van der Waals surface area (Å²) < 4.78 is 62.0. The fourth-order valence-electron chi connectivity index (χ4n) is 1.15. The Balaban J connectivity index is 3.66. The quantitative estimate of drug-likeness (QED) is 0.480. The Hall–Kier alpha value is -1.62. The lowest BCUT2D eigenvalue weighted by Crippen LogP contribution is -2.19. The van der Waals surface area contributed by atoms with Gasteiger partial charge in [0.1, 0.15) is 0 Å². The number of nitrogens with zero attached hydrogens (tertiary/aromatic N) is 2. The predicted octanol–water partition coefficient (Wildman–Crippen LogP) is 2.12. The Morgan fingerprint density at radius 1 is 1.47 bits per heavy atom. The molecule has 12 heteroatoms. The van der Waals surface area contributed by atoms with Gasteiger partial charge in [0.15, 0.2) is 4.90 Å². The van der Waals surface area contributed by atoms with Crippen LogP contribution in [-0.4, -0.2) is 24.7 Å². The molecular formula is C7H4ClF3N2O5S. The molecule has 0 radical (unpaired) electrons. The van der Waals surface area contributed by atoms with Gasteiger partial charge >= 0.3 is 12.0 Å². The summed E-state index contributed by atoms with van der Waals surface area (Å²) in [7, 11) is 0.242. The van der Waals surface area contributed by atoms with Gasteiger partial charge < -0.3 is 4.74 Å². The van der Waals surface area contributed by atoms with Crippen LogP contribution in [0.2, 0.25) is 0 Å². The van der Waals surface area contributed by atoms with Crippen molar-refractivity contribution < 1.29 is 31.2 Å². The lowest BCUT2D eigenvalue weighted by Gasteiger charge is -2.11. The first-order valence-corrected chi connectivity index (χ1v) is 6.59. The van der Waals surface area contributed by atoms with Crippen molar-refractivity contribution >= 4 is 25.4 Å². The minimum Gasteiger partial charge on any atom is -0.396 e. The van der Waals surface area contributed by atoms with Crippen molar-refractivity contribution in [3.8, 4) is 5.75 Å².